The van der Waals surface area contributed by atoms with E-state index in [1.54, 1.807) is 6.07 Å². The quantitative estimate of drug-likeness (QED) is 0.820. The molecule has 2 aromatic rings. The Bertz CT molecular complexity index is 482. The highest BCUT2D eigenvalue weighted by Crippen LogP contribution is 2.25. The minimum absolute atomic E-state index is 0.188. The van der Waals surface area contributed by atoms with E-state index in [2.05, 4.69) is 5.16 Å². The van der Waals surface area contributed by atoms with Gasteiger partial charge in [0, 0.05) is 17.7 Å². The Labute approximate surface area is 85.4 Å². The van der Waals surface area contributed by atoms with Crippen molar-refractivity contribution < 1.29 is 13.7 Å². The summed E-state index contributed by atoms with van der Waals surface area (Å²) in [4.78, 5) is 0. The van der Waals surface area contributed by atoms with Crippen LogP contribution in [0.1, 0.15) is 0 Å². The number of nitrogens with two attached hydrogens (primary N) is 1. The Morgan fingerprint density at radius 1 is 1.33 bits per heavy atom. The van der Waals surface area contributed by atoms with Gasteiger partial charge in [0.2, 0.25) is 5.88 Å². The van der Waals surface area contributed by atoms with Gasteiger partial charge in [0.05, 0.1) is 7.11 Å². The molecule has 2 rings (SSSR count). The van der Waals surface area contributed by atoms with Gasteiger partial charge in [-0.25, -0.2) is 4.39 Å². The number of nitrogen functional groups attached to an aromatic ring is 1. The zero-order valence-corrected chi connectivity index (χ0v) is 8.03. The number of nitrogens with zero attached hydrogens (tertiary/aromatic N) is 1. The number of hydrogen-bond donors (Lipinski definition) is 1. The van der Waals surface area contributed by atoms with Crippen molar-refractivity contribution in [1.29, 1.82) is 0 Å². The molecule has 0 spiro atoms. The molecule has 1 aromatic carbocycles. The molecule has 0 aliphatic rings. The summed E-state index contributed by atoms with van der Waals surface area (Å²) in [7, 11) is 1.47. The molecule has 0 fully saturated rings. The van der Waals surface area contributed by atoms with E-state index >= 15 is 0 Å². The molecule has 2 N–H and O–H groups in total. The van der Waals surface area contributed by atoms with Crippen molar-refractivity contribution in [3.05, 3.63) is 30.1 Å². The van der Waals surface area contributed by atoms with Gasteiger partial charge in [-0.1, -0.05) is 5.16 Å². The summed E-state index contributed by atoms with van der Waals surface area (Å²) in [6.45, 7) is 0. The van der Waals surface area contributed by atoms with Crippen molar-refractivity contribution in [2.24, 2.45) is 0 Å². The minimum atomic E-state index is -0.397. The highest BCUT2D eigenvalue weighted by molar-refractivity contribution is 5.63. The number of methoxy groups -OCH3 is 1. The van der Waals surface area contributed by atoms with E-state index in [-0.39, 0.29) is 5.88 Å². The van der Waals surface area contributed by atoms with Gasteiger partial charge in [0.15, 0.2) is 0 Å². The molecule has 0 unspecified atom stereocenters. The maximum atomic E-state index is 13.1. The van der Waals surface area contributed by atoms with Gasteiger partial charge in [-0.2, -0.15) is 0 Å². The van der Waals surface area contributed by atoms with Crippen molar-refractivity contribution in [2.45, 2.75) is 0 Å². The molecule has 78 valence electrons. The minimum Gasteiger partial charge on any atom is -0.497 e. The highest BCUT2D eigenvalue weighted by atomic mass is 19.1. The van der Waals surface area contributed by atoms with Crippen molar-refractivity contribution in [2.75, 3.05) is 12.8 Å². The van der Waals surface area contributed by atoms with Gasteiger partial charge in [-0.15, -0.1) is 0 Å². The predicted octanol–water partition coefficient (Wildman–Crippen LogP) is 2.07. The van der Waals surface area contributed by atoms with Crippen molar-refractivity contribution in [1.82, 2.24) is 5.16 Å². The molecule has 15 heavy (non-hydrogen) atoms. The third-order valence-corrected chi connectivity index (χ3v) is 1.93. The van der Waals surface area contributed by atoms with Crippen molar-refractivity contribution in [3.8, 4) is 17.0 Å². The van der Waals surface area contributed by atoms with Crippen LogP contribution in [0.3, 0.4) is 0 Å². The molecule has 0 atom stereocenters. The van der Waals surface area contributed by atoms with Crippen LogP contribution in [-0.2, 0) is 0 Å². The van der Waals surface area contributed by atoms with E-state index in [1.165, 1.54) is 25.3 Å². The van der Waals surface area contributed by atoms with Gasteiger partial charge < -0.3 is 15.0 Å². The van der Waals surface area contributed by atoms with E-state index in [1.807, 2.05) is 0 Å². The van der Waals surface area contributed by atoms with Crippen LogP contribution >= 0.6 is 0 Å². The lowest BCUT2D eigenvalue weighted by atomic mass is 10.1. The fraction of sp³-hybridized carbons (Fsp3) is 0.100. The van der Waals surface area contributed by atoms with Gasteiger partial charge in [0.25, 0.3) is 0 Å². The van der Waals surface area contributed by atoms with Crippen LogP contribution in [0.2, 0.25) is 0 Å². The van der Waals surface area contributed by atoms with E-state index < -0.39 is 5.82 Å². The molecular formula is C10H9FN2O2. The topological polar surface area (TPSA) is 61.3 Å². The number of rotatable bonds is 2. The third-order valence-electron chi connectivity index (χ3n) is 1.93. The number of benzene rings is 1. The maximum absolute atomic E-state index is 13.1. The molecule has 1 heterocycles. The second-order valence-corrected chi connectivity index (χ2v) is 2.99. The molecule has 0 aliphatic carbocycles. The molecule has 0 saturated heterocycles. The van der Waals surface area contributed by atoms with Gasteiger partial charge in [0.1, 0.15) is 17.3 Å². The lowest BCUT2D eigenvalue weighted by Crippen LogP contribution is -1.86. The SMILES string of the molecule is COc1cc(F)cc(-c2cc(N)on2)c1. The fourth-order valence-electron chi connectivity index (χ4n) is 1.25. The normalized spacial score (nSPS) is 10.3. The van der Waals surface area contributed by atoms with Crippen molar-refractivity contribution in [3.63, 3.8) is 0 Å². The summed E-state index contributed by atoms with van der Waals surface area (Å²) in [6, 6.07) is 5.79. The monoisotopic (exact) mass is 208 g/mol. The maximum Gasteiger partial charge on any atom is 0.222 e. The second-order valence-electron chi connectivity index (χ2n) is 2.99. The summed E-state index contributed by atoms with van der Waals surface area (Å²) in [5.41, 5.74) is 6.41. The number of aromatic nitrogens is 1. The lowest BCUT2D eigenvalue weighted by molar-refractivity contribution is 0.411. The Kier molecular flexibility index (Phi) is 2.29. The van der Waals surface area contributed by atoms with Crippen LogP contribution < -0.4 is 10.5 Å². The third kappa shape index (κ3) is 1.90. The first kappa shape index (κ1) is 9.51. The fourth-order valence-corrected chi connectivity index (χ4v) is 1.25. The van der Waals surface area contributed by atoms with Crippen LogP contribution in [0.15, 0.2) is 28.8 Å². The van der Waals surface area contributed by atoms with Gasteiger partial charge in [-0.3, -0.25) is 0 Å². The number of hydrogen-bond acceptors (Lipinski definition) is 4. The molecule has 0 aliphatic heterocycles. The Balaban J connectivity index is 2.48. The molecule has 1 aromatic heterocycles. The molecule has 0 radical (unpaired) electrons. The molecular weight excluding hydrogens is 199 g/mol. The van der Waals surface area contributed by atoms with Crippen LogP contribution in [-0.4, -0.2) is 12.3 Å². The van der Waals surface area contributed by atoms with Crippen LogP contribution in [0, 0.1) is 5.82 Å². The van der Waals surface area contributed by atoms with Gasteiger partial charge >= 0.3 is 0 Å². The van der Waals surface area contributed by atoms with E-state index in [0.29, 0.717) is 17.0 Å². The molecule has 0 bridgehead atoms. The molecule has 5 heteroatoms. The standard InChI is InChI=1S/C10H9FN2O2/c1-14-8-3-6(2-7(11)4-8)9-5-10(12)15-13-9/h2-5H,12H2,1H3. The van der Waals surface area contributed by atoms with E-state index in [0.717, 1.165) is 0 Å². The molecule has 4 nitrogen and oxygen atoms in total. The Morgan fingerprint density at radius 2 is 2.13 bits per heavy atom. The summed E-state index contributed by atoms with van der Waals surface area (Å²) < 4.78 is 22.8. The summed E-state index contributed by atoms with van der Waals surface area (Å²) in [6.07, 6.45) is 0. The summed E-state index contributed by atoms with van der Waals surface area (Å²) in [5.74, 6) is 0.214. The first-order chi connectivity index (χ1) is 7.19. The first-order valence-corrected chi connectivity index (χ1v) is 4.26. The Hall–Kier alpha value is -2.04. The predicted molar refractivity (Wildman–Crippen MR) is 52.9 cm³/mol. The smallest absolute Gasteiger partial charge is 0.222 e. The molecule has 0 amide bonds. The number of anilines is 1. The van der Waals surface area contributed by atoms with Crippen LogP contribution in [0.4, 0.5) is 10.3 Å². The average molecular weight is 208 g/mol. The summed E-state index contributed by atoms with van der Waals surface area (Å²) >= 11 is 0. The molecule has 0 saturated carbocycles. The lowest BCUT2D eigenvalue weighted by Gasteiger charge is -2.01. The van der Waals surface area contributed by atoms with E-state index in [4.69, 9.17) is 15.0 Å². The number of ether oxygens (including phenoxy) is 1. The van der Waals surface area contributed by atoms with E-state index in [9.17, 15) is 4.39 Å². The van der Waals surface area contributed by atoms with Gasteiger partial charge in [-0.05, 0) is 12.1 Å². The Morgan fingerprint density at radius 3 is 2.73 bits per heavy atom. The second kappa shape index (κ2) is 3.61. The van der Waals surface area contributed by atoms with Crippen molar-refractivity contribution >= 4 is 5.88 Å². The largest absolute Gasteiger partial charge is 0.497 e. The highest BCUT2D eigenvalue weighted by Gasteiger charge is 2.07. The van der Waals surface area contributed by atoms with Crippen LogP contribution in [0.25, 0.3) is 11.3 Å². The van der Waals surface area contributed by atoms with Crippen LogP contribution in [0.5, 0.6) is 5.75 Å². The first-order valence-electron chi connectivity index (χ1n) is 4.26. The number of halogens is 1. The average Bonchev–Trinajstić information content (AvgIpc) is 2.64. The summed E-state index contributed by atoms with van der Waals surface area (Å²) in [5, 5.41) is 3.68. The zero-order chi connectivity index (χ0) is 10.8. The zero-order valence-electron chi connectivity index (χ0n) is 8.03.